The monoisotopic (exact) mass is 281 g/mol. The van der Waals surface area contributed by atoms with Crippen LogP contribution in [0.15, 0.2) is 24.3 Å². The van der Waals surface area contributed by atoms with Gasteiger partial charge in [-0.2, -0.15) is 0 Å². The van der Waals surface area contributed by atoms with Gasteiger partial charge in [0.1, 0.15) is 18.5 Å². The minimum atomic E-state index is -0.819. The maximum absolute atomic E-state index is 9.21. The molecule has 0 aliphatic heterocycles. The van der Waals surface area contributed by atoms with Crippen molar-refractivity contribution in [2.24, 2.45) is 0 Å². The SMILES string of the molecule is CCCNC(C)CCc1ccc(OCC(O)CO)cc1. The van der Waals surface area contributed by atoms with E-state index in [0.29, 0.717) is 6.04 Å². The molecule has 0 aromatic heterocycles. The highest BCUT2D eigenvalue weighted by atomic mass is 16.5. The number of rotatable bonds is 10. The molecule has 0 fully saturated rings. The Balaban J connectivity index is 2.31. The molecular formula is C16H27NO3. The zero-order valence-corrected chi connectivity index (χ0v) is 12.5. The predicted molar refractivity (Wildman–Crippen MR) is 81.1 cm³/mol. The minimum absolute atomic E-state index is 0.119. The second-order valence-electron chi connectivity index (χ2n) is 5.19. The molecule has 0 saturated heterocycles. The highest BCUT2D eigenvalue weighted by Crippen LogP contribution is 2.14. The van der Waals surface area contributed by atoms with Crippen molar-refractivity contribution in [3.05, 3.63) is 29.8 Å². The van der Waals surface area contributed by atoms with E-state index in [1.54, 1.807) is 0 Å². The molecule has 0 spiro atoms. The summed E-state index contributed by atoms with van der Waals surface area (Å²) in [6, 6.07) is 8.44. The third-order valence-electron chi connectivity index (χ3n) is 3.19. The first-order valence-electron chi connectivity index (χ1n) is 7.39. The molecule has 1 aromatic carbocycles. The van der Waals surface area contributed by atoms with Crippen LogP contribution >= 0.6 is 0 Å². The van der Waals surface area contributed by atoms with Crippen molar-refractivity contribution in [1.82, 2.24) is 5.32 Å². The fourth-order valence-electron chi connectivity index (χ4n) is 1.87. The minimum Gasteiger partial charge on any atom is -0.491 e. The van der Waals surface area contributed by atoms with Gasteiger partial charge in [-0.15, -0.1) is 0 Å². The third-order valence-corrected chi connectivity index (χ3v) is 3.19. The van der Waals surface area contributed by atoms with E-state index in [0.717, 1.165) is 31.6 Å². The maximum Gasteiger partial charge on any atom is 0.119 e. The standard InChI is InChI=1S/C16H27NO3/c1-3-10-17-13(2)4-5-14-6-8-16(9-7-14)20-12-15(19)11-18/h6-9,13,15,17-19H,3-5,10-12H2,1-2H3. The van der Waals surface area contributed by atoms with Gasteiger partial charge < -0.3 is 20.3 Å². The van der Waals surface area contributed by atoms with E-state index in [2.05, 4.69) is 19.2 Å². The van der Waals surface area contributed by atoms with Crippen LogP contribution in [-0.4, -0.2) is 42.1 Å². The molecule has 0 aliphatic carbocycles. The van der Waals surface area contributed by atoms with E-state index in [-0.39, 0.29) is 13.2 Å². The molecule has 20 heavy (non-hydrogen) atoms. The highest BCUT2D eigenvalue weighted by molar-refractivity contribution is 5.27. The van der Waals surface area contributed by atoms with Crippen molar-refractivity contribution in [3.8, 4) is 5.75 Å². The summed E-state index contributed by atoms with van der Waals surface area (Å²) in [6.45, 7) is 5.30. The average molecular weight is 281 g/mol. The second-order valence-corrected chi connectivity index (χ2v) is 5.19. The van der Waals surface area contributed by atoms with Gasteiger partial charge in [0.25, 0.3) is 0 Å². The van der Waals surface area contributed by atoms with Crippen LogP contribution in [0.25, 0.3) is 0 Å². The van der Waals surface area contributed by atoms with Crippen molar-refractivity contribution < 1.29 is 14.9 Å². The summed E-state index contributed by atoms with van der Waals surface area (Å²) >= 11 is 0. The molecule has 1 aromatic rings. The van der Waals surface area contributed by atoms with Gasteiger partial charge >= 0.3 is 0 Å². The van der Waals surface area contributed by atoms with E-state index >= 15 is 0 Å². The van der Waals surface area contributed by atoms with Crippen molar-refractivity contribution in [1.29, 1.82) is 0 Å². The first-order valence-corrected chi connectivity index (χ1v) is 7.39. The van der Waals surface area contributed by atoms with Crippen LogP contribution in [0.1, 0.15) is 32.3 Å². The molecule has 0 amide bonds. The summed E-state index contributed by atoms with van der Waals surface area (Å²) in [4.78, 5) is 0. The van der Waals surface area contributed by atoms with E-state index in [4.69, 9.17) is 9.84 Å². The number of aliphatic hydroxyl groups excluding tert-OH is 2. The highest BCUT2D eigenvalue weighted by Gasteiger charge is 2.04. The summed E-state index contributed by atoms with van der Waals surface area (Å²) in [6.07, 6.45) is 2.50. The van der Waals surface area contributed by atoms with Crippen molar-refractivity contribution in [3.63, 3.8) is 0 Å². The molecule has 3 N–H and O–H groups in total. The van der Waals surface area contributed by atoms with Gasteiger partial charge in [-0.1, -0.05) is 19.1 Å². The Morgan fingerprint density at radius 3 is 2.55 bits per heavy atom. The number of nitrogens with one attached hydrogen (secondary N) is 1. The molecule has 0 heterocycles. The van der Waals surface area contributed by atoms with Crippen LogP contribution in [0, 0.1) is 0 Å². The largest absolute Gasteiger partial charge is 0.491 e. The molecule has 0 radical (unpaired) electrons. The lowest BCUT2D eigenvalue weighted by molar-refractivity contribution is 0.0536. The Labute approximate surface area is 121 Å². The van der Waals surface area contributed by atoms with Crippen molar-refractivity contribution in [2.45, 2.75) is 45.3 Å². The van der Waals surface area contributed by atoms with E-state index in [1.807, 2.05) is 24.3 Å². The number of hydrogen-bond donors (Lipinski definition) is 3. The van der Waals surface area contributed by atoms with E-state index < -0.39 is 6.10 Å². The van der Waals surface area contributed by atoms with Gasteiger partial charge in [0, 0.05) is 6.04 Å². The van der Waals surface area contributed by atoms with Crippen LogP contribution in [0.5, 0.6) is 5.75 Å². The average Bonchev–Trinajstić information content (AvgIpc) is 2.49. The Morgan fingerprint density at radius 1 is 1.25 bits per heavy atom. The molecule has 2 atom stereocenters. The normalized spacial score (nSPS) is 14.0. The molecule has 0 aliphatic rings. The Kier molecular flexibility index (Phi) is 8.26. The topological polar surface area (TPSA) is 61.7 Å². The molecule has 114 valence electrons. The molecule has 0 bridgehead atoms. The van der Waals surface area contributed by atoms with E-state index in [1.165, 1.54) is 5.56 Å². The lowest BCUT2D eigenvalue weighted by Crippen LogP contribution is -2.27. The molecular weight excluding hydrogens is 254 g/mol. The summed E-state index contributed by atoms with van der Waals surface area (Å²) in [5, 5.41) is 21.4. The smallest absolute Gasteiger partial charge is 0.119 e. The first kappa shape index (κ1) is 17.0. The number of ether oxygens (including phenoxy) is 1. The first-order chi connectivity index (χ1) is 9.65. The van der Waals surface area contributed by atoms with Crippen LogP contribution in [0.2, 0.25) is 0 Å². The third kappa shape index (κ3) is 6.89. The van der Waals surface area contributed by atoms with E-state index in [9.17, 15) is 5.11 Å². The molecule has 1 rings (SSSR count). The molecule has 0 saturated carbocycles. The fourth-order valence-corrected chi connectivity index (χ4v) is 1.87. The maximum atomic E-state index is 9.21. The molecule has 4 heteroatoms. The number of benzene rings is 1. The van der Waals surface area contributed by atoms with Gasteiger partial charge in [-0.05, 0) is 50.4 Å². The van der Waals surface area contributed by atoms with Gasteiger partial charge in [-0.25, -0.2) is 0 Å². The van der Waals surface area contributed by atoms with Crippen LogP contribution in [-0.2, 0) is 6.42 Å². The summed E-state index contributed by atoms with van der Waals surface area (Å²) in [5.74, 6) is 0.721. The lowest BCUT2D eigenvalue weighted by Gasteiger charge is -2.13. The van der Waals surface area contributed by atoms with Crippen LogP contribution in [0.3, 0.4) is 0 Å². The summed E-state index contributed by atoms with van der Waals surface area (Å²) in [7, 11) is 0. The number of hydrogen-bond acceptors (Lipinski definition) is 4. The van der Waals surface area contributed by atoms with Gasteiger partial charge in [-0.3, -0.25) is 0 Å². The number of aryl methyl sites for hydroxylation is 1. The quantitative estimate of drug-likeness (QED) is 0.611. The predicted octanol–water partition coefficient (Wildman–Crippen LogP) is 1.74. The zero-order valence-electron chi connectivity index (χ0n) is 12.5. The van der Waals surface area contributed by atoms with Crippen LogP contribution < -0.4 is 10.1 Å². The fraction of sp³-hybridized carbons (Fsp3) is 0.625. The van der Waals surface area contributed by atoms with Crippen LogP contribution in [0.4, 0.5) is 0 Å². The Hall–Kier alpha value is -1.10. The van der Waals surface area contributed by atoms with Gasteiger partial charge in [0.2, 0.25) is 0 Å². The molecule has 4 nitrogen and oxygen atoms in total. The van der Waals surface area contributed by atoms with Gasteiger partial charge in [0.15, 0.2) is 0 Å². The summed E-state index contributed by atoms with van der Waals surface area (Å²) < 4.78 is 5.37. The van der Waals surface area contributed by atoms with Gasteiger partial charge in [0.05, 0.1) is 6.61 Å². The Bertz CT molecular complexity index is 353. The zero-order chi connectivity index (χ0) is 14.8. The number of aliphatic hydroxyl groups is 2. The Morgan fingerprint density at radius 2 is 1.95 bits per heavy atom. The lowest BCUT2D eigenvalue weighted by atomic mass is 10.1. The molecule has 2 unspecified atom stereocenters. The summed E-state index contributed by atoms with van der Waals surface area (Å²) in [5.41, 5.74) is 1.28. The second kappa shape index (κ2) is 9.75. The van der Waals surface area contributed by atoms with Crippen molar-refractivity contribution in [2.75, 3.05) is 19.8 Å². The van der Waals surface area contributed by atoms with Crippen molar-refractivity contribution >= 4 is 0 Å².